The third-order valence-electron chi connectivity index (χ3n) is 3.10. The third-order valence-corrected chi connectivity index (χ3v) is 3.63. The van der Waals surface area contributed by atoms with Gasteiger partial charge in [-0.05, 0) is 42.8 Å². The Hall–Kier alpha value is -1.43. The summed E-state index contributed by atoms with van der Waals surface area (Å²) in [6, 6.07) is 11.6. The van der Waals surface area contributed by atoms with E-state index in [-0.39, 0.29) is 12.6 Å². The van der Waals surface area contributed by atoms with Crippen LogP contribution < -0.4 is 10.1 Å². The maximum atomic E-state index is 9.95. The van der Waals surface area contributed by atoms with E-state index in [0.29, 0.717) is 6.54 Å². The van der Waals surface area contributed by atoms with Crippen LogP contribution in [0.5, 0.6) is 5.75 Å². The summed E-state index contributed by atoms with van der Waals surface area (Å²) in [6.07, 6.45) is 3.01. The molecule has 2 rings (SSSR count). The average Bonchev–Trinajstić information content (AvgIpc) is 2.53. The Morgan fingerprint density at radius 2 is 2.05 bits per heavy atom. The molecule has 0 aliphatic heterocycles. The first kappa shape index (κ1) is 15.9. The van der Waals surface area contributed by atoms with E-state index in [9.17, 15) is 5.11 Å². The molecule has 0 spiro atoms. The summed E-state index contributed by atoms with van der Waals surface area (Å²) >= 11 is 3.37. The van der Waals surface area contributed by atoms with Crippen molar-refractivity contribution in [3.8, 4) is 5.75 Å². The van der Waals surface area contributed by atoms with Crippen LogP contribution in [0.15, 0.2) is 53.3 Å². The van der Waals surface area contributed by atoms with Crippen LogP contribution in [0.25, 0.3) is 0 Å². The molecular weight excluding hydrogens is 332 g/mol. The van der Waals surface area contributed by atoms with E-state index in [1.807, 2.05) is 49.5 Å². The Bertz CT molecular complexity index is 534. The standard InChI is InChI=1S/C16H19BrN2O2/c1-12(13-3-2-8-18-9-13)19-10-15(20)11-21-16-6-4-14(17)5-7-16/h2-9,12,15,19-20H,10-11H2,1H3/t12-,15?/m0/s1. The number of halogens is 1. The second-order valence-corrected chi connectivity index (χ2v) is 5.75. The highest BCUT2D eigenvalue weighted by molar-refractivity contribution is 9.10. The van der Waals surface area contributed by atoms with Gasteiger partial charge in [0.2, 0.25) is 0 Å². The number of benzene rings is 1. The van der Waals surface area contributed by atoms with Gasteiger partial charge in [-0.1, -0.05) is 22.0 Å². The molecule has 2 atom stereocenters. The van der Waals surface area contributed by atoms with E-state index < -0.39 is 6.10 Å². The minimum atomic E-state index is -0.562. The molecule has 1 unspecified atom stereocenters. The maximum absolute atomic E-state index is 9.95. The number of hydrogen-bond donors (Lipinski definition) is 2. The van der Waals surface area contributed by atoms with Crippen molar-refractivity contribution in [3.05, 3.63) is 58.8 Å². The number of nitrogens with one attached hydrogen (secondary N) is 1. The molecule has 112 valence electrons. The monoisotopic (exact) mass is 350 g/mol. The average molecular weight is 351 g/mol. The molecule has 0 bridgehead atoms. The van der Waals surface area contributed by atoms with E-state index >= 15 is 0 Å². The van der Waals surface area contributed by atoms with Crippen molar-refractivity contribution >= 4 is 15.9 Å². The molecule has 0 fully saturated rings. The van der Waals surface area contributed by atoms with Gasteiger partial charge in [-0.3, -0.25) is 4.98 Å². The highest BCUT2D eigenvalue weighted by Crippen LogP contribution is 2.16. The van der Waals surface area contributed by atoms with Gasteiger partial charge in [-0.2, -0.15) is 0 Å². The summed E-state index contributed by atoms with van der Waals surface area (Å²) in [6.45, 7) is 2.76. The summed E-state index contributed by atoms with van der Waals surface area (Å²) in [5.74, 6) is 0.748. The van der Waals surface area contributed by atoms with Gasteiger partial charge < -0.3 is 15.2 Å². The van der Waals surface area contributed by atoms with Gasteiger partial charge in [0, 0.05) is 29.5 Å². The van der Waals surface area contributed by atoms with E-state index in [4.69, 9.17) is 4.74 Å². The van der Waals surface area contributed by atoms with Gasteiger partial charge in [0.1, 0.15) is 18.5 Å². The van der Waals surface area contributed by atoms with Crippen LogP contribution in [0.3, 0.4) is 0 Å². The molecule has 1 heterocycles. The minimum Gasteiger partial charge on any atom is -0.491 e. The number of rotatable bonds is 7. The lowest BCUT2D eigenvalue weighted by Gasteiger charge is -2.17. The Labute approximate surface area is 133 Å². The molecule has 2 aromatic rings. The molecule has 2 N–H and O–H groups in total. The fraction of sp³-hybridized carbons (Fsp3) is 0.312. The molecule has 0 aliphatic carbocycles. The molecule has 0 radical (unpaired) electrons. The molecule has 0 aliphatic rings. The molecule has 0 saturated carbocycles. The van der Waals surface area contributed by atoms with Crippen LogP contribution in [-0.2, 0) is 0 Å². The molecular formula is C16H19BrN2O2. The highest BCUT2D eigenvalue weighted by atomic mass is 79.9. The van der Waals surface area contributed by atoms with E-state index in [2.05, 4.69) is 26.2 Å². The lowest BCUT2D eigenvalue weighted by Crippen LogP contribution is -2.33. The van der Waals surface area contributed by atoms with Gasteiger partial charge in [0.15, 0.2) is 0 Å². The van der Waals surface area contributed by atoms with E-state index in [1.54, 1.807) is 6.20 Å². The normalized spacial score (nSPS) is 13.7. The van der Waals surface area contributed by atoms with Crippen molar-refractivity contribution in [1.29, 1.82) is 0 Å². The van der Waals surface area contributed by atoms with Crippen LogP contribution in [0.4, 0.5) is 0 Å². The zero-order valence-corrected chi connectivity index (χ0v) is 13.5. The first-order valence-corrected chi connectivity index (χ1v) is 7.64. The molecule has 1 aromatic heterocycles. The largest absolute Gasteiger partial charge is 0.491 e. The maximum Gasteiger partial charge on any atom is 0.119 e. The first-order chi connectivity index (χ1) is 10.1. The van der Waals surface area contributed by atoms with Crippen LogP contribution >= 0.6 is 15.9 Å². The van der Waals surface area contributed by atoms with E-state index in [1.165, 1.54) is 0 Å². The summed E-state index contributed by atoms with van der Waals surface area (Å²) in [7, 11) is 0. The number of aromatic nitrogens is 1. The second kappa shape index (κ2) is 8.12. The second-order valence-electron chi connectivity index (χ2n) is 4.84. The summed E-state index contributed by atoms with van der Waals surface area (Å²) in [5, 5.41) is 13.2. The summed E-state index contributed by atoms with van der Waals surface area (Å²) < 4.78 is 6.54. The molecule has 1 aromatic carbocycles. The van der Waals surface area contributed by atoms with Crippen molar-refractivity contribution in [3.63, 3.8) is 0 Å². The van der Waals surface area contributed by atoms with Crippen molar-refractivity contribution in [2.24, 2.45) is 0 Å². The summed E-state index contributed by atoms with van der Waals surface area (Å²) in [5.41, 5.74) is 1.10. The van der Waals surface area contributed by atoms with Crippen LogP contribution in [-0.4, -0.2) is 29.3 Å². The first-order valence-electron chi connectivity index (χ1n) is 6.85. The SMILES string of the molecule is C[C@H](NCC(O)COc1ccc(Br)cc1)c1cccnc1. The van der Waals surface area contributed by atoms with Gasteiger partial charge in [-0.15, -0.1) is 0 Å². The predicted octanol–water partition coefficient (Wildman–Crippen LogP) is 2.93. The Morgan fingerprint density at radius 1 is 1.29 bits per heavy atom. The molecule has 5 heteroatoms. The quantitative estimate of drug-likeness (QED) is 0.805. The number of ether oxygens (including phenoxy) is 1. The van der Waals surface area contributed by atoms with Gasteiger partial charge in [-0.25, -0.2) is 0 Å². The number of aliphatic hydroxyl groups is 1. The minimum absolute atomic E-state index is 0.140. The molecule has 21 heavy (non-hydrogen) atoms. The Morgan fingerprint density at radius 3 is 2.71 bits per heavy atom. The fourth-order valence-electron chi connectivity index (χ4n) is 1.84. The topological polar surface area (TPSA) is 54.4 Å². The number of nitrogens with zero attached hydrogens (tertiary/aromatic N) is 1. The predicted molar refractivity (Wildman–Crippen MR) is 86.3 cm³/mol. The number of hydrogen-bond acceptors (Lipinski definition) is 4. The molecule has 4 nitrogen and oxygen atoms in total. The van der Waals surface area contributed by atoms with Gasteiger partial charge in [0.25, 0.3) is 0 Å². The Kier molecular flexibility index (Phi) is 6.17. The lowest BCUT2D eigenvalue weighted by molar-refractivity contribution is 0.104. The lowest BCUT2D eigenvalue weighted by atomic mass is 10.1. The highest BCUT2D eigenvalue weighted by Gasteiger charge is 2.09. The number of aliphatic hydroxyl groups excluding tert-OH is 1. The molecule has 0 amide bonds. The van der Waals surface area contributed by atoms with Crippen LogP contribution in [0.1, 0.15) is 18.5 Å². The fourth-order valence-corrected chi connectivity index (χ4v) is 2.11. The van der Waals surface area contributed by atoms with E-state index in [0.717, 1.165) is 15.8 Å². The van der Waals surface area contributed by atoms with Crippen molar-refractivity contribution < 1.29 is 9.84 Å². The third kappa shape index (κ3) is 5.46. The van der Waals surface area contributed by atoms with Crippen LogP contribution in [0.2, 0.25) is 0 Å². The van der Waals surface area contributed by atoms with Crippen LogP contribution in [0, 0.1) is 0 Å². The van der Waals surface area contributed by atoms with Gasteiger partial charge in [0.05, 0.1) is 0 Å². The summed E-state index contributed by atoms with van der Waals surface area (Å²) in [4.78, 5) is 4.08. The number of pyridine rings is 1. The Balaban J connectivity index is 1.72. The van der Waals surface area contributed by atoms with Crippen molar-refractivity contribution in [2.75, 3.05) is 13.2 Å². The molecule has 0 saturated heterocycles. The van der Waals surface area contributed by atoms with Crippen molar-refractivity contribution in [1.82, 2.24) is 10.3 Å². The zero-order chi connectivity index (χ0) is 15.1. The zero-order valence-electron chi connectivity index (χ0n) is 11.9. The smallest absolute Gasteiger partial charge is 0.119 e. The van der Waals surface area contributed by atoms with Gasteiger partial charge >= 0.3 is 0 Å². The van der Waals surface area contributed by atoms with Crippen molar-refractivity contribution in [2.45, 2.75) is 19.1 Å².